The lowest BCUT2D eigenvalue weighted by atomic mass is 10.1. The fourth-order valence-electron chi connectivity index (χ4n) is 1.33. The van der Waals surface area contributed by atoms with Crippen molar-refractivity contribution in [2.75, 3.05) is 5.43 Å². The van der Waals surface area contributed by atoms with E-state index < -0.39 is 11.7 Å². The number of thiazole rings is 1. The molecular formula is C12H10F3N3S. The van der Waals surface area contributed by atoms with Crippen LogP contribution in [0.4, 0.5) is 18.3 Å². The number of hydrogen-bond acceptors (Lipinski definition) is 4. The molecule has 0 aliphatic heterocycles. The number of nitrogens with zero attached hydrogens (tertiary/aromatic N) is 2. The van der Waals surface area contributed by atoms with Crippen molar-refractivity contribution in [3.8, 4) is 0 Å². The summed E-state index contributed by atoms with van der Waals surface area (Å²) in [5, 5.41) is 6.42. The monoisotopic (exact) mass is 285 g/mol. The van der Waals surface area contributed by atoms with Gasteiger partial charge in [-0.05, 0) is 24.6 Å². The van der Waals surface area contributed by atoms with Crippen LogP contribution in [-0.4, -0.2) is 11.2 Å². The summed E-state index contributed by atoms with van der Waals surface area (Å²) in [6.07, 6.45) is -2.87. The Morgan fingerprint density at radius 3 is 2.47 bits per heavy atom. The molecule has 7 heteroatoms. The quantitative estimate of drug-likeness (QED) is 0.685. The van der Waals surface area contributed by atoms with E-state index in [2.05, 4.69) is 15.5 Å². The van der Waals surface area contributed by atoms with Gasteiger partial charge in [-0.25, -0.2) is 4.98 Å². The molecule has 0 aliphatic carbocycles. The summed E-state index contributed by atoms with van der Waals surface area (Å²) in [6, 6.07) is 4.77. The first-order valence-corrected chi connectivity index (χ1v) is 6.21. The van der Waals surface area contributed by atoms with E-state index in [1.165, 1.54) is 29.7 Å². The Kier molecular flexibility index (Phi) is 3.84. The van der Waals surface area contributed by atoms with Gasteiger partial charge in [0.25, 0.3) is 0 Å². The third-order valence-corrected chi connectivity index (χ3v) is 3.10. The third kappa shape index (κ3) is 3.78. The maximum atomic E-state index is 12.3. The average Bonchev–Trinajstić information content (AvgIpc) is 2.75. The topological polar surface area (TPSA) is 37.3 Å². The van der Waals surface area contributed by atoms with E-state index in [1.54, 1.807) is 0 Å². The van der Waals surface area contributed by atoms with Crippen molar-refractivity contribution in [3.63, 3.8) is 0 Å². The molecule has 1 N–H and O–H groups in total. The molecule has 0 bridgehead atoms. The molecule has 3 nitrogen and oxygen atoms in total. The molecule has 1 aromatic carbocycles. The van der Waals surface area contributed by atoms with Crippen molar-refractivity contribution in [2.24, 2.45) is 5.10 Å². The van der Waals surface area contributed by atoms with Gasteiger partial charge in [0.15, 0.2) is 0 Å². The van der Waals surface area contributed by atoms with Gasteiger partial charge < -0.3 is 0 Å². The zero-order valence-corrected chi connectivity index (χ0v) is 10.7. The number of aryl methyl sites for hydroxylation is 1. The van der Waals surface area contributed by atoms with Crippen LogP contribution in [0.25, 0.3) is 0 Å². The Morgan fingerprint density at radius 2 is 1.95 bits per heavy atom. The zero-order chi connectivity index (χ0) is 13.9. The lowest BCUT2D eigenvalue weighted by Crippen LogP contribution is -2.04. The van der Waals surface area contributed by atoms with Gasteiger partial charge in [-0.2, -0.15) is 18.3 Å². The van der Waals surface area contributed by atoms with Gasteiger partial charge in [0.2, 0.25) is 5.13 Å². The number of aromatic nitrogens is 1. The molecule has 0 spiro atoms. The minimum Gasteiger partial charge on any atom is -0.253 e. The predicted octanol–water partition coefficient (Wildman–Crippen LogP) is 3.92. The van der Waals surface area contributed by atoms with E-state index >= 15 is 0 Å². The Balaban J connectivity index is 1.99. The van der Waals surface area contributed by atoms with Gasteiger partial charge in [-0.15, -0.1) is 11.3 Å². The number of hydrazone groups is 1. The van der Waals surface area contributed by atoms with Crippen molar-refractivity contribution < 1.29 is 13.2 Å². The van der Waals surface area contributed by atoms with Crippen LogP contribution in [-0.2, 0) is 6.18 Å². The highest BCUT2D eigenvalue weighted by molar-refractivity contribution is 7.13. The Labute approximate surface area is 111 Å². The van der Waals surface area contributed by atoms with Crippen LogP contribution >= 0.6 is 11.3 Å². The molecule has 1 heterocycles. The fourth-order valence-corrected chi connectivity index (χ4v) is 1.96. The summed E-state index contributed by atoms with van der Waals surface area (Å²) in [5.74, 6) is 0. The molecule has 0 unspecified atom stereocenters. The van der Waals surface area contributed by atoms with Crippen LogP contribution in [0.5, 0.6) is 0 Å². The first-order valence-electron chi connectivity index (χ1n) is 5.33. The number of benzene rings is 1. The van der Waals surface area contributed by atoms with E-state index in [0.29, 0.717) is 10.7 Å². The number of alkyl halides is 3. The number of halogens is 3. The van der Waals surface area contributed by atoms with Gasteiger partial charge in [0, 0.05) is 5.38 Å². The van der Waals surface area contributed by atoms with Gasteiger partial charge in [0.1, 0.15) is 0 Å². The van der Waals surface area contributed by atoms with Crippen LogP contribution in [0.1, 0.15) is 16.8 Å². The molecule has 0 saturated carbocycles. The van der Waals surface area contributed by atoms with Crippen LogP contribution in [0, 0.1) is 6.92 Å². The largest absolute Gasteiger partial charge is 0.416 e. The molecule has 1 aromatic heterocycles. The van der Waals surface area contributed by atoms with Crippen molar-refractivity contribution in [1.82, 2.24) is 4.98 Å². The van der Waals surface area contributed by atoms with Crippen LogP contribution in [0.2, 0.25) is 0 Å². The SMILES string of the molecule is Cc1csc(N/N=C\c2ccc(C(F)(F)F)cc2)n1. The zero-order valence-electron chi connectivity index (χ0n) is 9.90. The maximum Gasteiger partial charge on any atom is 0.416 e. The Hall–Kier alpha value is -1.89. The second-order valence-electron chi connectivity index (χ2n) is 3.78. The average molecular weight is 285 g/mol. The molecule has 19 heavy (non-hydrogen) atoms. The van der Waals surface area contributed by atoms with Gasteiger partial charge in [-0.3, -0.25) is 5.43 Å². The minimum atomic E-state index is -4.31. The molecule has 2 aromatic rings. The second kappa shape index (κ2) is 5.40. The molecule has 0 atom stereocenters. The summed E-state index contributed by atoms with van der Waals surface area (Å²) in [4.78, 5) is 4.13. The molecule has 0 amide bonds. The minimum absolute atomic E-state index is 0.578. The molecular weight excluding hydrogens is 275 g/mol. The second-order valence-corrected chi connectivity index (χ2v) is 4.64. The first-order chi connectivity index (χ1) is 8.95. The highest BCUT2D eigenvalue weighted by Crippen LogP contribution is 2.28. The van der Waals surface area contributed by atoms with Crippen LogP contribution in [0.3, 0.4) is 0 Å². The fraction of sp³-hybridized carbons (Fsp3) is 0.167. The first kappa shape index (κ1) is 13.5. The number of hydrogen-bond donors (Lipinski definition) is 1. The standard InChI is InChI=1S/C12H10F3N3S/c1-8-7-19-11(17-8)18-16-6-9-2-4-10(5-3-9)12(13,14)15/h2-7H,1H3,(H,17,18)/b16-6-. The molecule has 0 fully saturated rings. The predicted molar refractivity (Wildman–Crippen MR) is 69.5 cm³/mol. The summed E-state index contributed by atoms with van der Waals surface area (Å²) >= 11 is 1.41. The molecule has 0 radical (unpaired) electrons. The smallest absolute Gasteiger partial charge is 0.253 e. The highest BCUT2D eigenvalue weighted by Gasteiger charge is 2.29. The van der Waals surface area contributed by atoms with Crippen LogP contribution in [0.15, 0.2) is 34.7 Å². The van der Waals surface area contributed by atoms with Gasteiger partial charge >= 0.3 is 6.18 Å². The third-order valence-electron chi connectivity index (χ3n) is 2.23. The normalized spacial score (nSPS) is 12.0. The van der Waals surface area contributed by atoms with Crippen molar-refractivity contribution in [2.45, 2.75) is 13.1 Å². The van der Waals surface area contributed by atoms with E-state index in [1.807, 2.05) is 12.3 Å². The molecule has 100 valence electrons. The Morgan fingerprint density at radius 1 is 1.26 bits per heavy atom. The summed E-state index contributed by atoms with van der Waals surface area (Å²) in [7, 11) is 0. The summed E-state index contributed by atoms with van der Waals surface area (Å²) < 4.78 is 37.0. The van der Waals surface area contributed by atoms with Crippen molar-refractivity contribution in [1.29, 1.82) is 0 Å². The Bertz CT molecular complexity index is 573. The van der Waals surface area contributed by atoms with Gasteiger partial charge in [0.05, 0.1) is 17.5 Å². The molecule has 2 rings (SSSR count). The van der Waals surface area contributed by atoms with E-state index in [4.69, 9.17) is 0 Å². The lowest BCUT2D eigenvalue weighted by Gasteiger charge is -2.05. The maximum absolute atomic E-state index is 12.3. The van der Waals surface area contributed by atoms with Crippen LogP contribution < -0.4 is 5.43 Å². The molecule has 0 saturated heterocycles. The van der Waals surface area contributed by atoms with E-state index in [9.17, 15) is 13.2 Å². The number of rotatable bonds is 3. The van der Waals surface area contributed by atoms with Gasteiger partial charge in [-0.1, -0.05) is 12.1 Å². The number of nitrogens with one attached hydrogen (secondary N) is 1. The van der Waals surface area contributed by atoms with E-state index in [-0.39, 0.29) is 0 Å². The molecule has 0 aliphatic rings. The van der Waals surface area contributed by atoms with Crippen molar-refractivity contribution >= 4 is 22.7 Å². The summed E-state index contributed by atoms with van der Waals surface area (Å²) in [6.45, 7) is 1.86. The lowest BCUT2D eigenvalue weighted by molar-refractivity contribution is -0.137. The summed E-state index contributed by atoms with van der Waals surface area (Å²) in [5.41, 5.74) is 3.50. The van der Waals surface area contributed by atoms with E-state index in [0.717, 1.165) is 17.8 Å². The van der Waals surface area contributed by atoms with Crippen molar-refractivity contribution in [3.05, 3.63) is 46.5 Å². The number of anilines is 1. The highest BCUT2D eigenvalue weighted by atomic mass is 32.1.